The van der Waals surface area contributed by atoms with Crippen molar-refractivity contribution in [3.05, 3.63) is 29.3 Å². The lowest BCUT2D eigenvalue weighted by molar-refractivity contribution is -0.124. The van der Waals surface area contributed by atoms with E-state index in [1.807, 2.05) is 0 Å². The number of benzene rings is 1. The van der Waals surface area contributed by atoms with E-state index in [2.05, 4.69) is 35.8 Å². The lowest BCUT2D eigenvalue weighted by Crippen LogP contribution is -2.55. The number of rotatable bonds is 5. The van der Waals surface area contributed by atoms with Gasteiger partial charge < -0.3 is 15.4 Å². The van der Waals surface area contributed by atoms with Gasteiger partial charge in [-0.05, 0) is 48.8 Å². The molecule has 2 aliphatic heterocycles. The number of carbonyl (C=O) groups is 1. The highest BCUT2D eigenvalue weighted by Crippen LogP contribution is 2.37. The van der Waals surface area contributed by atoms with Crippen LogP contribution in [0.3, 0.4) is 0 Å². The minimum Gasteiger partial charge on any atom is -0.493 e. The second-order valence-corrected chi connectivity index (χ2v) is 7.17. The molecule has 2 fully saturated rings. The van der Waals surface area contributed by atoms with Gasteiger partial charge in [0, 0.05) is 31.0 Å². The average molecular weight is 314 g/mol. The number of hydrogen-bond donors (Lipinski definition) is 2. The van der Waals surface area contributed by atoms with Crippen molar-refractivity contribution in [3.8, 4) is 5.75 Å². The summed E-state index contributed by atoms with van der Waals surface area (Å²) in [6.45, 7) is 3.04. The summed E-state index contributed by atoms with van der Waals surface area (Å²) in [7, 11) is 0. The Morgan fingerprint density at radius 1 is 1.30 bits per heavy atom. The molecule has 124 valence electrons. The molecule has 1 aromatic rings. The second kappa shape index (κ2) is 6.16. The molecule has 4 nitrogen and oxygen atoms in total. The zero-order valence-corrected chi connectivity index (χ0v) is 13.8. The normalized spacial score (nSPS) is 28.0. The first-order valence-electron chi connectivity index (χ1n) is 9.05. The molecule has 0 bridgehead atoms. The summed E-state index contributed by atoms with van der Waals surface area (Å²) in [4.78, 5) is 11.8. The van der Waals surface area contributed by atoms with Crippen LogP contribution in [-0.4, -0.2) is 24.6 Å². The number of fused-ring (bicyclic) bond motifs is 1. The van der Waals surface area contributed by atoms with Crippen LogP contribution in [0, 0.1) is 5.92 Å². The van der Waals surface area contributed by atoms with E-state index in [0.717, 1.165) is 31.6 Å². The molecule has 0 aromatic heterocycles. The van der Waals surface area contributed by atoms with E-state index in [1.54, 1.807) is 0 Å². The van der Waals surface area contributed by atoms with Crippen LogP contribution >= 0.6 is 0 Å². The van der Waals surface area contributed by atoms with E-state index in [-0.39, 0.29) is 5.91 Å². The van der Waals surface area contributed by atoms with Crippen LogP contribution in [0.1, 0.15) is 56.2 Å². The van der Waals surface area contributed by atoms with Crippen molar-refractivity contribution in [2.75, 3.05) is 6.61 Å². The number of carbonyl (C=O) groups excluding carboxylic acids is 1. The predicted octanol–water partition coefficient (Wildman–Crippen LogP) is 2.72. The molecule has 1 saturated heterocycles. The summed E-state index contributed by atoms with van der Waals surface area (Å²) >= 11 is 0. The monoisotopic (exact) mass is 314 g/mol. The van der Waals surface area contributed by atoms with Gasteiger partial charge in [0.05, 0.1) is 6.61 Å². The van der Waals surface area contributed by atoms with Gasteiger partial charge in [-0.1, -0.05) is 19.1 Å². The minimum absolute atomic E-state index is 0.225. The Hall–Kier alpha value is -1.55. The lowest BCUT2D eigenvalue weighted by Gasteiger charge is -2.36. The van der Waals surface area contributed by atoms with Gasteiger partial charge in [0.15, 0.2) is 0 Å². The average Bonchev–Trinajstić information content (AvgIpc) is 3.30. The quantitative estimate of drug-likeness (QED) is 0.878. The maximum atomic E-state index is 11.8. The molecule has 3 unspecified atom stereocenters. The third-order valence-electron chi connectivity index (χ3n) is 5.51. The molecule has 3 atom stereocenters. The van der Waals surface area contributed by atoms with Gasteiger partial charge in [0.2, 0.25) is 5.91 Å². The van der Waals surface area contributed by atoms with E-state index < -0.39 is 0 Å². The summed E-state index contributed by atoms with van der Waals surface area (Å²) in [5.74, 6) is 1.95. The summed E-state index contributed by atoms with van der Waals surface area (Å²) < 4.78 is 5.62. The lowest BCUT2D eigenvalue weighted by atomic mass is 9.91. The van der Waals surface area contributed by atoms with Gasteiger partial charge in [-0.15, -0.1) is 0 Å². The summed E-state index contributed by atoms with van der Waals surface area (Å²) in [5.41, 5.74) is 2.68. The minimum atomic E-state index is 0.225. The first kappa shape index (κ1) is 15.0. The molecule has 1 aliphatic carbocycles. The molecule has 0 spiro atoms. The first-order valence-corrected chi connectivity index (χ1v) is 9.05. The number of hydrogen-bond acceptors (Lipinski definition) is 3. The summed E-state index contributed by atoms with van der Waals surface area (Å²) in [6, 6.07) is 7.68. The molecule has 3 aliphatic rings. The molecule has 23 heavy (non-hydrogen) atoms. The second-order valence-electron chi connectivity index (χ2n) is 7.17. The smallest absolute Gasteiger partial charge is 0.220 e. The SMILES string of the molecule is CCC(NC1CCC(=O)NC1C1CC1)c1ccc2c(c1)CCO2. The molecular weight excluding hydrogens is 288 g/mol. The van der Waals surface area contributed by atoms with Crippen LogP contribution in [0.2, 0.25) is 0 Å². The Bertz CT molecular complexity index is 597. The number of amides is 1. The highest BCUT2D eigenvalue weighted by molar-refractivity contribution is 5.77. The maximum Gasteiger partial charge on any atom is 0.220 e. The van der Waals surface area contributed by atoms with Crippen LogP contribution in [-0.2, 0) is 11.2 Å². The van der Waals surface area contributed by atoms with Gasteiger partial charge >= 0.3 is 0 Å². The van der Waals surface area contributed by atoms with E-state index in [0.29, 0.717) is 30.5 Å². The Morgan fingerprint density at radius 3 is 2.96 bits per heavy atom. The van der Waals surface area contributed by atoms with E-state index in [4.69, 9.17) is 4.74 Å². The molecule has 1 aromatic carbocycles. The van der Waals surface area contributed by atoms with Crippen LogP contribution < -0.4 is 15.4 Å². The largest absolute Gasteiger partial charge is 0.493 e. The molecule has 2 heterocycles. The van der Waals surface area contributed by atoms with Crippen molar-refractivity contribution in [1.82, 2.24) is 10.6 Å². The van der Waals surface area contributed by atoms with Crippen molar-refractivity contribution in [3.63, 3.8) is 0 Å². The molecule has 0 radical (unpaired) electrons. The van der Waals surface area contributed by atoms with Gasteiger partial charge in [-0.3, -0.25) is 4.79 Å². The zero-order valence-electron chi connectivity index (χ0n) is 13.8. The van der Waals surface area contributed by atoms with E-state index >= 15 is 0 Å². The van der Waals surface area contributed by atoms with Crippen LogP contribution in [0.4, 0.5) is 0 Å². The summed E-state index contributed by atoms with van der Waals surface area (Å²) in [5, 5.41) is 7.08. The van der Waals surface area contributed by atoms with E-state index in [9.17, 15) is 4.79 Å². The Balaban J connectivity index is 1.49. The zero-order chi connectivity index (χ0) is 15.8. The van der Waals surface area contributed by atoms with Gasteiger partial charge in [0.1, 0.15) is 5.75 Å². The fourth-order valence-electron chi connectivity index (χ4n) is 4.04. The highest BCUT2D eigenvalue weighted by atomic mass is 16.5. The Labute approximate surface area is 138 Å². The Morgan fingerprint density at radius 2 is 2.17 bits per heavy atom. The number of ether oxygens (including phenoxy) is 1. The molecule has 4 heteroatoms. The van der Waals surface area contributed by atoms with Crippen LogP contribution in [0.25, 0.3) is 0 Å². The van der Waals surface area contributed by atoms with Crippen LogP contribution in [0.5, 0.6) is 5.75 Å². The predicted molar refractivity (Wildman–Crippen MR) is 89.5 cm³/mol. The van der Waals surface area contributed by atoms with Crippen LogP contribution in [0.15, 0.2) is 18.2 Å². The summed E-state index contributed by atoms with van der Waals surface area (Å²) in [6.07, 6.45) is 6.20. The van der Waals surface area contributed by atoms with Crippen molar-refractivity contribution >= 4 is 5.91 Å². The molecule has 4 rings (SSSR count). The molecular formula is C19H26N2O2. The fraction of sp³-hybridized carbons (Fsp3) is 0.632. The standard InChI is InChI=1S/C19H26N2O2/c1-2-15(13-5-7-17-14(11-13)9-10-23-17)20-16-6-8-18(22)21-19(16)12-3-4-12/h5,7,11-12,15-16,19-20H,2-4,6,8-10H2,1H3,(H,21,22). The molecule has 1 amide bonds. The van der Waals surface area contributed by atoms with E-state index in [1.165, 1.54) is 24.0 Å². The van der Waals surface area contributed by atoms with Gasteiger partial charge in [-0.25, -0.2) is 0 Å². The van der Waals surface area contributed by atoms with Gasteiger partial charge in [-0.2, -0.15) is 0 Å². The highest BCUT2D eigenvalue weighted by Gasteiger charge is 2.40. The van der Waals surface area contributed by atoms with Crippen molar-refractivity contribution in [2.24, 2.45) is 5.92 Å². The molecule has 2 N–H and O–H groups in total. The van der Waals surface area contributed by atoms with Crippen molar-refractivity contribution in [1.29, 1.82) is 0 Å². The van der Waals surface area contributed by atoms with Crippen molar-refractivity contribution in [2.45, 2.75) is 63.6 Å². The third-order valence-corrected chi connectivity index (χ3v) is 5.51. The molecule has 1 saturated carbocycles. The number of piperidine rings is 1. The van der Waals surface area contributed by atoms with Crippen molar-refractivity contribution < 1.29 is 9.53 Å². The number of nitrogens with one attached hydrogen (secondary N) is 2. The Kier molecular flexibility index (Phi) is 4.02. The first-order chi connectivity index (χ1) is 11.2. The third kappa shape index (κ3) is 3.09. The van der Waals surface area contributed by atoms with Gasteiger partial charge in [0.25, 0.3) is 0 Å². The topological polar surface area (TPSA) is 50.4 Å². The maximum absolute atomic E-state index is 11.8. The fourth-order valence-corrected chi connectivity index (χ4v) is 4.04.